The Morgan fingerprint density at radius 1 is 1.30 bits per heavy atom. The Kier molecular flexibility index (Phi) is 1.76. The molecule has 0 aromatic rings. The molecule has 0 N–H and O–H groups in total. The molecule has 1 heteroatoms. The summed E-state index contributed by atoms with van der Waals surface area (Å²) in [6.45, 7) is 2.34. The third-order valence-corrected chi connectivity index (χ3v) is 4.07. The second-order valence-electron chi connectivity index (χ2n) is 4.06. The van der Waals surface area contributed by atoms with Gasteiger partial charge in [0, 0.05) is 0 Å². The molecule has 2 saturated carbocycles. The van der Waals surface area contributed by atoms with Gasteiger partial charge < -0.3 is 0 Å². The van der Waals surface area contributed by atoms with Crippen molar-refractivity contribution in [3.8, 4) is 0 Å². The van der Waals surface area contributed by atoms with Gasteiger partial charge in [0.15, 0.2) is 0 Å². The smallest absolute Gasteiger partial charge is 0.0259 e. The molecular weight excluding hydrogens is 139 g/mol. The van der Waals surface area contributed by atoms with E-state index in [2.05, 4.69) is 16.2 Å². The topological polar surface area (TPSA) is 0 Å². The van der Waals surface area contributed by atoms with E-state index in [1.54, 1.807) is 6.42 Å². The molecule has 0 saturated heterocycles. The van der Waals surface area contributed by atoms with Gasteiger partial charge in [0.25, 0.3) is 0 Å². The van der Waals surface area contributed by atoms with E-state index in [1.807, 2.05) is 0 Å². The van der Waals surface area contributed by atoms with Crippen molar-refractivity contribution in [3.63, 3.8) is 0 Å². The van der Waals surface area contributed by atoms with Crippen molar-refractivity contribution in [1.82, 2.24) is 0 Å². The lowest BCUT2D eigenvalue weighted by Crippen LogP contribution is -2.31. The minimum atomic E-state index is 0.964. The highest BCUT2D eigenvalue weighted by atomic mass is 31.0. The van der Waals surface area contributed by atoms with Crippen LogP contribution in [-0.4, -0.2) is 5.66 Å². The molecule has 0 amide bonds. The molecule has 0 bridgehead atoms. The molecule has 0 nitrogen and oxygen atoms in total. The normalized spacial score (nSPS) is 52.2. The first-order chi connectivity index (χ1) is 4.81. The van der Waals surface area contributed by atoms with Gasteiger partial charge in [-0.15, -0.1) is 9.24 Å². The van der Waals surface area contributed by atoms with Crippen LogP contribution in [0, 0.1) is 17.8 Å². The third-order valence-electron chi connectivity index (χ3n) is 3.52. The van der Waals surface area contributed by atoms with E-state index >= 15 is 0 Å². The summed E-state index contributed by atoms with van der Waals surface area (Å²) in [7, 11) is 3.00. The molecule has 2 aliphatic rings. The van der Waals surface area contributed by atoms with E-state index in [4.69, 9.17) is 0 Å². The van der Waals surface area contributed by atoms with Crippen LogP contribution in [0.1, 0.15) is 32.6 Å². The molecule has 0 heterocycles. The van der Waals surface area contributed by atoms with Crippen LogP contribution in [0.15, 0.2) is 0 Å². The molecule has 58 valence electrons. The van der Waals surface area contributed by atoms with E-state index in [9.17, 15) is 0 Å². The van der Waals surface area contributed by atoms with Crippen LogP contribution in [0.3, 0.4) is 0 Å². The summed E-state index contributed by atoms with van der Waals surface area (Å²) in [5.41, 5.74) is 0.964. The second-order valence-corrected chi connectivity index (χ2v) is 5.00. The van der Waals surface area contributed by atoms with Gasteiger partial charge in [-0.3, -0.25) is 0 Å². The highest BCUT2D eigenvalue weighted by Gasteiger charge is 2.44. The molecule has 0 aromatic carbocycles. The predicted molar refractivity (Wildman–Crippen MR) is 48.1 cm³/mol. The van der Waals surface area contributed by atoms with Crippen LogP contribution in [0.25, 0.3) is 0 Å². The van der Waals surface area contributed by atoms with Gasteiger partial charge in [0.2, 0.25) is 0 Å². The Hall–Kier alpha value is 0.430. The van der Waals surface area contributed by atoms with Gasteiger partial charge in [-0.2, -0.15) is 0 Å². The molecule has 0 radical (unpaired) electrons. The first kappa shape index (κ1) is 7.10. The van der Waals surface area contributed by atoms with Crippen molar-refractivity contribution >= 4 is 9.24 Å². The summed E-state index contributed by atoms with van der Waals surface area (Å²) in [5, 5.41) is 0. The number of rotatable bonds is 1. The number of hydrogen-bond donors (Lipinski definition) is 0. The zero-order valence-corrected chi connectivity index (χ0v) is 7.87. The minimum Gasteiger partial charge on any atom is -0.134 e. The van der Waals surface area contributed by atoms with Crippen molar-refractivity contribution in [3.05, 3.63) is 0 Å². The molecule has 2 fully saturated rings. The highest BCUT2D eigenvalue weighted by Crippen LogP contribution is 2.53. The van der Waals surface area contributed by atoms with E-state index in [0.29, 0.717) is 0 Å². The summed E-state index contributed by atoms with van der Waals surface area (Å²) < 4.78 is 0. The lowest BCUT2D eigenvalue weighted by atomic mass is 9.66. The molecule has 2 aliphatic carbocycles. The maximum atomic E-state index is 3.00. The Morgan fingerprint density at radius 2 is 2.10 bits per heavy atom. The van der Waals surface area contributed by atoms with E-state index in [-0.39, 0.29) is 0 Å². The third kappa shape index (κ3) is 0.925. The van der Waals surface area contributed by atoms with Gasteiger partial charge in [0.05, 0.1) is 0 Å². The van der Waals surface area contributed by atoms with E-state index in [0.717, 1.165) is 23.4 Å². The Balaban J connectivity index is 1.93. The fourth-order valence-corrected chi connectivity index (χ4v) is 3.55. The molecule has 3 unspecified atom stereocenters. The fraction of sp³-hybridized carbons (Fsp3) is 1.00. The Morgan fingerprint density at radius 3 is 2.70 bits per heavy atom. The maximum Gasteiger partial charge on any atom is -0.0259 e. The molecule has 0 spiro atoms. The van der Waals surface area contributed by atoms with Crippen molar-refractivity contribution in [1.29, 1.82) is 0 Å². The first-order valence-corrected chi connectivity index (χ1v) is 5.23. The molecule has 2 rings (SSSR count). The van der Waals surface area contributed by atoms with Gasteiger partial charge in [-0.05, 0) is 42.7 Å². The Bertz CT molecular complexity index is 129. The van der Waals surface area contributed by atoms with Crippen molar-refractivity contribution < 1.29 is 0 Å². The van der Waals surface area contributed by atoms with Crippen molar-refractivity contribution in [2.45, 2.75) is 38.3 Å². The lowest BCUT2D eigenvalue weighted by Gasteiger charge is -2.40. The van der Waals surface area contributed by atoms with Crippen LogP contribution in [-0.2, 0) is 0 Å². The standard InChI is InChI=1S/C9H17P/c1-2-6-3-7-4-8(10)5-9(6)7/h6-9H,2-5,10H2,1H3/t6?,7-,8+,9?/m1/s1. The largest absolute Gasteiger partial charge is 0.134 e. The summed E-state index contributed by atoms with van der Waals surface area (Å²) >= 11 is 0. The monoisotopic (exact) mass is 156 g/mol. The molecule has 10 heavy (non-hydrogen) atoms. The summed E-state index contributed by atoms with van der Waals surface area (Å²) in [5.74, 6) is 3.37. The van der Waals surface area contributed by atoms with Crippen molar-refractivity contribution in [2.75, 3.05) is 0 Å². The second kappa shape index (κ2) is 2.48. The van der Waals surface area contributed by atoms with Gasteiger partial charge >= 0.3 is 0 Å². The van der Waals surface area contributed by atoms with E-state index < -0.39 is 0 Å². The van der Waals surface area contributed by atoms with E-state index in [1.165, 1.54) is 19.3 Å². The molecule has 0 aromatic heterocycles. The Labute approximate surface area is 66.0 Å². The van der Waals surface area contributed by atoms with Gasteiger partial charge in [0.1, 0.15) is 0 Å². The summed E-state index contributed by atoms with van der Waals surface area (Å²) in [6, 6.07) is 0. The molecule has 5 atom stereocenters. The summed E-state index contributed by atoms with van der Waals surface area (Å²) in [6.07, 6.45) is 5.99. The van der Waals surface area contributed by atoms with Crippen LogP contribution in [0.5, 0.6) is 0 Å². The van der Waals surface area contributed by atoms with Crippen LogP contribution in [0.4, 0.5) is 0 Å². The highest BCUT2D eigenvalue weighted by molar-refractivity contribution is 7.17. The molecular formula is C9H17P. The average molecular weight is 156 g/mol. The quantitative estimate of drug-likeness (QED) is 0.512. The zero-order valence-electron chi connectivity index (χ0n) is 6.72. The van der Waals surface area contributed by atoms with Crippen LogP contribution < -0.4 is 0 Å². The summed E-state index contributed by atoms with van der Waals surface area (Å²) in [4.78, 5) is 0. The maximum absolute atomic E-state index is 3.00. The first-order valence-electron chi connectivity index (χ1n) is 4.56. The van der Waals surface area contributed by atoms with Crippen molar-refractivity contribution in [2.24, 2.45) is 17.8 Å². The fourth-order valence-electron chi connectivity index (χ4n) is 2.89. The zero-order chi connectivity index (χ0) is 7.14. The SMILES string of the molecule is CCC1C[C@@H]2C[C@H](P)CC12. The molecule has 0 aliphatic heterocycles. The minimum absolute atomic E-state index is 0.964. The lowest BCUT2D eigenvalue weighted by molar-refractivity contribution is 0.0997. The predicted octanol–water partition coefficient (Wildman–Crippen LogP) is 2.69. The van der Waals surface area contributed by atoms with Crippen LogP contribution in [0.2, 0.25) is 0 Å². The van der Waals surface area contributed by atoms with Crippen LogP contribution >= 0.6 is 9.24 Å². The number of fused-ring (bicyclic) bond motifs is 1. The van der Waals surface area contributed by atoms with Gasteiger partial charge in [-0.25, -0.2) is 0 Å². The average Bonchev–Trinajstić information content (AvgIpc) is 2.15. The van der Waals surface area contributed by atoms with Gasteiger partial charge in [-0.1, -0.05) is 13.3 Å². The number of hydrogen-bond acceptors (Lipinski definition) is 0.